The molecule has 5 aromatic rings. The summed E-state index contributed by atoms with van der Waals surface area (Å²) in [5.74, 6) is 10.4. The highest BCUT2D eigenvalue weighted by molar-refractivity contribution is 9.11. The second-order valence-corrected chi connectivity index (χ2v) is 32.3. The lowest BCUT2D eigenvalue weighted by Gasteiger charge is -2.11. The number of nitrogens with zero attached hydrogens (tertiary/aromatic N) is 10. The molecule has 0 amide bonds. The summed E-state index contributed by atoms with van der Waals surface area (Å²) in [5, 5.41) is -0.490. The molecule has 0 saturated carbocycles. The first-order valence-corrected chi connectivity index (χ1v) is 32.3. The Morgan fingerprint density at radius 2 is 1.11 bits per heavy atom. The fourth-order valence-electron chi connectivity index (χ4n) is 5.05. The minimum atomic E-state index is -3.33. The Bertz CT molecular complexity index is 3160. The van der Waals surface area contributed by atoms with Gasteiger partial charge in [0.05, 0.1) is 40.6 Å². The Hall–Kier alpha value is -4.76. The number of aromatic nitrogens is 8. The fraction of sp³-hybridized carbons (Fsp3) is 0.268. The van der Waals surface area contributed by atoms with E-state index in [1.54, 1.807) is 77.9 Å². The maximum Gasteiger partial charge on any atom is 0.474 e. The Morgan fingerprint density at radius 1 is 0.671 bits per heavy atom. The standard InChI is InChI=1S/C17H13B2N3O4S.C11H10B2BrN3O2Si.C9H12BrN3Si.C4H3Br2N3/c1-4-13-15(17(19-26-17)22-16-18-25-16)20-9-14(21-13)11-5-7-12(8-6-11)27(23,24)10(2)3;1-20(2,3)5-4-7-9(15-6-8(14)16-7)11(13-19-11)17-10-12-18-10;1-14(2,3)5-4-7-9(11)12-6-8(10)13-7;5-2-1-8-4(7)3(6)9-2/h1,5-10H,2-3H3;6H,1-3H3;6H,1-3H3,(H2,11,12);1H,(H2,7,8). The van der Waals surface area contributed by atoms with E-state index in [1.807, 2.05) is 0 Å². The molecule has 4 fully saturated rings. The molecule has 2 atom stereocenters. The number of terminal acetylenes is 1. The molecule has 4 N–H and O–H groups in total. The lowest BCUT2D eigenvalue weighted by molar-refractivity contribution is 0.325. The topological polar surface area (TPSA) is 264 Å². The first-order valence-electron chi connectivity index (χ1n) is 20.6. The van der Waals surface area contributed by atoms with Crippen molar-refractivity contribution >= 4 is 143 Å². The predicted octanol–water partition coefficient (Wildman–Crippen LogP) is 5.94. The zero-order valence-corrected chi connectivity index (χ0v) is 47.7. The molecule has 4 saturated heterocycles. The van der Waals surface area contributed by atoms with Gasteiger partial charge in [-0.05, 0) is 95.6 Å². The summed E-state index contributed by atoms with van der Waals surface area (Å²) in [6, 6.07) is 6.48. The van der Waals surface area contributed by atoms with Crippen molar-refractivity contribution in [2.24, 2.45) is 9.98 Å². The number of nitrogen functional groups attached to an aromatic ring is 2. The summed E-state index contributed by atoms with van der Waals surface area (Å²) in [7, 11) is -0.0614. The zero-order chi connectivity index (χ0) is 51.2. The normalized spacial score (nSPS) is 18.9. The quantitative estimate of drug-likeness (QED) is 0.108. The highest BCUT2D eigenvalue weighted by atomic mass is 79.9. The van der Waals surface area contributed by atoms with Gasteiger partial charge in [-0.3, -0.25) is 9.97 Å². The van der Waals surface area contributed by atoms with Gasteiger partial charge in [0.1, 0.15) is 57.3 Å². The van der Waals surface area contributed by atoms with Gasteiger partial charge < -0.3 is 30.1 Å². The molecule has 9 rings (SSSR count). The van der Waals surface area contributed by atoms with E-state index in [0.717, 1.165) is 0 Å². The zero-order valence-electron chi connectivity index (χ0n) is 38.6. The van der Waals surface area contributed by atoms with Crippen LogP contribution in [0.1, 0.15) is 42.3 Å². The van der Waals surface area contributed by atoms with E-state index >= 15 is 0 Å². The van der Waals surface area contributed by atoms with E-state index < -0.39 is 42.5 Å². The molecule has 4 radical (unpaired) electrons. The number of rotatable bonds is 7. The van der Waals surface area contributed by atoms with Crippen LogP contribution in [0, 0.1) is 35.3 Å². The second kappa shape index (κ2) is 22.3. The number of nitrogens with two attached hydrogens (primary N) is 2. The van der Waals surface area contributed by atoms with Crippen LogP contribution < -0.4 is 11.5 Å². The van der Waals surface area contributed by atoms with Crippen LogP contribution in [0.15, 0.2) is 82.3 Å². The summed E-state index contributed by atoms with van der Waals surface area (Å²) in [5.41, 5.74) is 19.2. The van der Waals surface area contributed by atoms with Crippen molar-refractivity contribution < 1.29 is 27.0 Å². The van der Waals surface area contributed by atoms with Crippen molar-refractivity contribution in [1.29, 1.82) is 0 Å². The van der Waals surface area contributed by atoms with E-state index in [-0.39, 0.29) is 4.90 Å². The molecule has 29 heteroatoms. The summed E-state index contributed by atoms with van der Waals surface area (Å²) in [6.07, 6.45) is 11.9. The largest absolute Gasteiger partial charge is 0.549 e. The first-order chi connectivity index (χ1) is 32.8. The van der Waals surface area contributed by atoms with E-state index in [2.05, 4.69) is 182 Å². The smallest absolute Gasteiger partial charge is 0.474 e. The third-order valence-corrected chi connectivity index (χ3v) is 14.4. The lowest BCUT2D eigenvalue weighted by Crippen LogP contribution is -2.17. The predicted molar refractivity (Wildman–Crippen MR) is 289 cm³/mol. The molecule has 0 aliphatic carbocycles. The van der Waals surface area contributed by atoms with Gasteiger partial charge in [-0.1, -0.05) is 63.3 Å². The molecular formula is C41H38B4Br4N12O6SSi2. The van der Waals surface area contributed by atoms with Crippen LogP contribution in [0.4, 0.5) is 11.6 Å². The average Bonchev–Trinajstić information content (AvgIpc) is 4.07. The molecule has 18 nitrogen and oxygen atoms in total. The third-order valence-electron chi connectivity index (χ3n) is 8.72. The van der Waals surface area contributed by atoms with Crippen LogP contribution >= 0.6 is 63.7 Å². The molecule has 0 spiro atoms. The van der Waals surface area contributed by atoms with Crippen LogP contribution in [-0.4, -0.2) is 111 Å². The average molecular weight is 1250 g/mol. The molecule has 352 valence electrons. The molecule has 4 aromatic heterocycles. The minimum absolute atomic E-state index is 0.263. The number of hydrogen-bond acceptors (Lipinski definition) is 18. The molecular weight excluding hydrogens is 1210 g/mol. The highest BCUT2D eigenvalue weighted by Gasteiger charge is 2.55. The third kappa shape index (κ3) is 15.6. The van der Waals surface area contributed by atoms with Gasteiger partial charge in [0.25, 0.3) is 0 Å². The number of halogens is 4. The van der Waals surface area contributed by atoms with Crippen LogP contribution in [-0.2, 0) is 39.7 Å². The van der Waals surface area contributed by atoms with Crippen LogP contribution in [0.25, 0.3) is 11.3 Å². The SMILES string of the molecule is C#Cc1nc(-c2ccc(S(=O)(=O)C(C)C)cc2)cnc1C1(N=C2[B]O2)[B]O1.C[Si](C)(C)C#Cc1nc(Br)cnc1C1(N=C2[B]O2)[B]O1.C[Si](C)(C)C#Cc1nc(Br)cnc1N.Nc1ncc(Br)nc1Br. The Labute approximate surface area is 444 Å². The van der Waals surface area contributed by atoms with Crippen LogP contribution in [0.2, 0.25) is 39.3 Å². The van der Waals surface area contributed by atoms with Gasteiger partial charge >= 0.3 is 29.9 Å². The Morgan fingerprint density at radius 3 is 1.56 bits per heavy atom. The molecule has 70 heavy (non-hydrogen) atoms. The molecule has 8 heterocycles. The summed E-state index contributed by atoms with van der Waals surface area (Å²) in [4.78, 5) is 42.3. The van der Waals surface area contributed by atoms with Crippen molar-refractivity contribution in [2.75, 3.05) is 11.5 Å². The second-order valence-electron chi connectivity index (χ2n) is 17.1. The Balaban J connectivity index is 0.000000164. The molecule has 4 aliphatic rings. The molecule has 0 bridgehead atoms. The van der Waals surface area contributed by atoms with Gasteiger partial charge in [0, 0.05) is 5.56 Å². The van der Waals surface area contributed by atoms with E-state index in [9.17, 15) is 8.42 Å². The molecule has 2 unspecified atom stereocenters. The van der Waals surface area contributed by atoms with E-state index in [0.29, 0.717) is 81.4 Å². The van der Waals surface area contributed by atoms with Gasteiger partial charge in [-0.15, -0.1) is 17.5 Å². The maximum absolute atomic E-state index is 12.2. The number of anilines is 2. The number of hydrogen-bond donors (Lipinski definition) is 2. The van der Waals surface area contributed by atoms with Gasteiger partial charge in [-0.25, -0.2) is 48.3 Å². The molecule has 4 aliphatic heterocycles. The van der Waals surface area contributed by atoms with Crippen molar-refractivity contribution in [3.63, 3.8) is 0 Å². The van der Waals surface area contributed by atoms with Gasteiger partial charge in [0.2, 0.25) is 0 Å². The molecule has 1 aromatic carbocycles. The lowest BCUT2D eigenvalue weighted by atomic mass is 9.91. The summed E-state index contributed by atoms with van der Waals surface area (Å²) in [6.45, 7) is 16.3. The summed E-state index contributed by atoms with van der Waals surface area (Å²) < 4.78 is 47.5. The van der Waals surface area contributed by atoms with Gasteiger partial charge in [-0.2, -0.15) is 0 Å². The minimum Gasteiger partial charge on any atom is -0.549 e. The first kappa shape index (κ1) is 54.6. The van der Waals surface area contributed by atoms with Crippen LogP contribution in [0.5, 0.6) is 0 Å². The van der Waals surface area contributed by atoms with E-state index in [4.69, 9.17) is 36.5 Å². The van der Waals surface area contributed by atoms with E-state index in [1.165, 1.54) is 15.0 Å². The van der Waals surface area contributed by atoms with Gasteiger partial charge in [0.15, 0.2) is 50.0 Å². The Kier molecular flexibility index (Phi) is 17.4. The van der Waals surface area contributed by atoms with Crippen molar-refractivity contribution in [3.05, 3.63) is 95.9 Å². The summed E-state index contributed by atoms with van der Waals surface area (Å²) >= 11 is 12.8. The number of aliphatic imine (C=N–C) groups is 2. The van der Waals surface area contributed by atoms with Crippen LogP contribution in [0.3, 0.4) is 0 Å². The van der Waals surface area contributed by atoms with Crippen molar-refractivity contribution in [1.82, 2.24) is 39.9 Å². The van der Waals surface area contributed by atoms with Crippen molar-refractivity contribution in [2.45, 2.75) is 74.5 Å². The number of benzene rings is 1. The van der Waals surface area contributed by atoms with Crippen molar-refractivity contribution in [3.8, 4) is 46.5 Å². The maximum atomic E-state index is 12.2. The highest BCUT2D eigenvalue weighted by Crippen LogP contribution is 2.40. The monoisotopic (exact) mass is 1240 g/mol. The fourth-order valence-corrected chi connectivity index (χ4v) is 8.46. The number of sulfone groups is 1.